The van der Waals surface area contributed by atoms with Gasteiger partial charge in [-0.2, -0.15) is 13.5 Å². The van der Waals surface area contributed by atoms with Gasteiger partial charge in [0.15, 0.2) is 0 Å². The highest BCUT2D eigenvalue weighted by molar-refractivity contribution is 7.80. The summed E-state index contributed by atoms with van der Waals surface area (Å²) in [7, 11) is -4.89. The van der Waals surface area contributed by atoms with E-state index in [0.717, 1.165) is 19.4 Å². The van der Waals surface area contributed by atoms with E-state index in [-0.39, 0.29) is 31.3 Å². The van der Waals surface area contributed by atoms with E-state index in [1.54, 1.807) is 13.8 Å². The number of hydrogen-bond donors (Lipinski definition) is 4. The zero-order valence-corrected chi connectivity index (χ0v) is 16.5. The molecule has 3 aliphatic heterocycles. The molecule has 0 radical (unpaired) electrons. The summed E-state index contributed by atoms with van der Waals surface area (Å²) in [5.74, 6) is -0.925. The molecule has 13 heteroatoms. The van der Waals surface area contributed by atoms with Crippen LogP contribution >= 0.6 is 0 Å². The molecule has 0 aliphatic carbocycles. The van der Waals surface area contributed by atoms with Crippen LogP contribution in [0.15, 0.2) is 0 Å². The molecule has 3 saturated heterocycles. The van der Waals surface area contributed by atoms with Gasteiger partial charge in [-0.1, -0.05) is 13.8 Å². The molecule has 1 unspecified atom stereocenters. The van der Waals surface area contributed by atoms with Gasteiger partial charge in [0.25, 0.3) is 5.91 Å². The van der Waals surface area contributed by atoms with Gasteiger partial charge in [-0.15, -0.1) is 4.28 Å². The van der Waals surface area contributed by atoms with E-state index < -0.39 is 39.8 Å². The molecular weight excluding hydrogens is 394 g/mol. The number of carbonyl (C=O) groups is 3. The SMILES string of the molecule is CC1(C)C[C@@H](C(=O)NNC(=O)CC2CCCN2)N2C[C@@H]1N(OS(=O)(=O)O)C2=O. The number of urea groups is 1. The first-order valence-corrected chi connectivity index (χ1v) is 10.4. The standard InChI is InChI=1S/C15H25N5O7S/c1-15(2)7-10(13(22)18-17-12(21)6-9-4-3-5-16-9)19-8-11(15)20(14(19)23)27-28(24,25)26/h9-11,16H,3-8H2,1-2H3,(H,17,21)(H,18,22)(H,24,25,26)/t9?,10-,11-/m0/s1. The maximum atomic E-state index is 12.6. The van der Waals surface area contributed by atoms with Crippen LogP contribution in [-0.4, -0.2) is 72.0 Å². The molecule has 12 nitrogen and oxygen atoms in total. The van der Waals surface area contributed by atoms with Crippen LogP contribution in [0, 0.1) is 5.41 Å². The van der Waals surface area contributed by atoms with Gasteiger partial charge in [-0.05, 0) is 31.2 Å². The van der Waals surface area contributed by atoms with E-state index in [4.69, 9.17) is 4.55 Å². The third-order valence-corrected chi connectivity index (χ3v) is 5.83. The summed E-state index contributed by atoms with van der Waals surface area (Å²) < 4.78 is 35.5. The zero-order chi connectivity index (χ0) is 20.7. The van der Waals surface area contributed by atoms with E-state index in [1.165, 1.54) is 4.90 Å². The quantitative estimate of drug-likeness (QED) is 0.323. The topological polar surface area (TPSA) is 157 Å². The minimum Gasteiger partial charge on any atom is -0.313 e. The van der Waals surface area contributed by atoms with Crippen LogP contribution in [0.3, 0.4) is 0 Å². The Labute approximate surface area is 162 Å². The number of hydrazine groups is 1. The van der Waals surface area contributed by atoms with Crippen molar-refractivity contribution in [2.45, 2.75) is 57.7 Å². The minimum atomic E-state index is -4.89. The first-order chi connectivity index (χ1) is 13.0. The van der Waals surface area contributed by atoms with Gasteiger partial charge in [0.2, 0.25) is 5.91 Å². The number of amides is 4. The Morgan fingerprint density at radius 1 is 1.36 bits per heavy atom. The molecule has 2 bridgehead atoms. The lowest BCUT2D eigenvalue weighted by Crippen LogP contribution is -2.57. The van der Waals surface area contributed by atoms with Crippen molar-refractivity contribution < 1.29 is 31.6 Å². The summed E-state index contributed by atoms with van der Waals surface area (Å²) in [6.07, 6.45) is 2.35. The van der Waals surface area contributed by atoms with Crippen LogP contribution in [0.4, 0.5) is 4.79 Å². The monoisotopic (exact) mass is 419 g/mol. The molecule has 4 N–H and O–H groups in total. The number of nitrogens with zero attached hydrogens (tertiary/aromatic N) is 2. The van der Waals surface area contributed by atoms with Crippen molar-refractivity contribution in [2.24, 2.45) is 5.41 Å². The van der Waals surface area contributed by atoms with Crippen molar-refractivity contribution in [2.75, 3.05) is 13.1 Å². The minimum absolute atomic E-state index is 0.0549. The van der Waals surface area contributed by atoms with Crippen molar-refractivity contribution >= 4 is 28.2 Å². The molecule has 28 heavy (non-hydrogen) atoms. The first-order valence-electron chi connectivity index (χ1n) is 9.07. The fourth-order valence-electron chi connectivity index (χ4n) is 4.01. The lowest BCUT2D eigenvalue weighted by Gasteiger charge is -2.40. The molecule has 0 aromatic heterocycles. The predicted octanol–water partition coefficient (Wildman–Crippen LogP) is -1.08. The van der Waals surface area contributed by atoms with Crippen LogP contribution in [0.5, 0.6) is 0 Å². The summed E-state index contributed by atoms with van der Waals surface area (Å²) in [5.41, 5.74) is 4.03. The van der Waals surface area contributed by atoms with Gasteiger partial charge < -0.3 is 10.2 Å². The molecule has 3 rings (SSSR count). The number of nitrogens with one attached hydrogen (secondary N) is 3. The fraction of sp³-hybridized carbons (Fsp3) is 0.800. The first kappa shape index (κ1) is 20.8. The average molecular weight is 419 g/mol. The Kier molecular flexibility index (Phi) is 5.53. The normalized spacial score (nSPS) is 29.1. The second kappa shape index (κ2) is 7.46. The van der Waals surface area contributed by atoms with Crippen LogP contribution in [-0.2, 0) is 24.3 Å². The highest BCUT2D eigenvalue weighted by Crippen LogP contribution is 2.42. The number of piperidine rings is 1. The molecule has 3 atom stereocenters. The fourth-order valence-corrected chi connectivity index (χ4v) is 4.38. The molecule has 3 aliphatic rings. The Morgan fingerprint density at radius 2 is 2.07 bits per heavy atom. The lowest BCUT2D eigenvalue weighted by atomic mass is 9.76. The molecule has 0 aromatic carbocycles. The average Bonchev–Trinajstić information content (AvgIpc) is 3.17. The Morgan fingerprint density at radius 3 is 2.68 bits per heavy atom. The summed E-state index contributed by atoms with van der Waals surface area (Å²) >= 11 is 0. The highest BCUT2D eigenvalue weighted by Gasteiger charge is 2.56. The Balaban J connectivity index is 1.63. The lowest BCUT2D eigenvalue weighted by molar-refractivity contribution is -0.133. The number of hydroxylamine groups is 2. The zero-order valence-electron chi connectivity index (χ0n) is 15.7. The van der Waals surface area contributed by atoms with Crippen LogP contribution in [0.25, 0.3) is 0 Å². The molecule has 4 amide bonds. The Hall–Kier alpha value is -1.96. The van der Waals surface area contributed by atoms with E-state index in [0.29, 0.717) is 5.06 Å². The van der Waals surface area contributed by atoms with Gasteiger partial charge >= 0.3 is 16.4 Å². The van der Waals surface area contributed by atoms with E-state index >= 15 is 0 Å². The summed E-state index contributed by atoms with van der Waals surface area (Å²) in [4.78, 5) is 38.2. The van der Waals surface area contributed by atoms with Crippen LogP contribution in [0.2, 0.25) is 0 Å². The molecular formula is C15H25N5O7S. The predicted molar refractivity (Wildman–Crippen MR) is 94.5 cm³/mol. The van der Waals surface area contributed by atoms with Crippen molar-refractivity contribution in [1.82, 2.24) is 26.1 Å². The molecule has 0 aromatic rings. The summed E-state index contributed by atoms with van der Waals surface area (Å²) in [5, 5.41) is 3.78. The molecule has 158 valence electrons. The Bertz CT molecular complexity index is 765. The third kappa shape index (κ3) is 4.37. The maximum Gasteiger partial charge on any atom is 0.418 e. The van der Waals surface area contributed by atoms with Crippen LogP contribution in [0.1, 0.15) is 39.5 Å². The van der Waals surface area contributed by atoms with Gasteiger partial charge in [0.1, 0.15) is 6.04 Å². The third-order valence-electron chi connectivity index (χ3n) is 5.48. The number of carbonyl (C=O) groups excluding carboxylic acids is 3. The molecule has 3 fully saturated rings. The summed E-state index contributed by atoms with van der Waals surface area (Å²) in [6.45, 7) is 4.44. The highest BCUT2D eigenvalue weighted by atomic mass is 32.3. The van der Waals surface area contributed by atoms with E-state index in [1.807, 2.05) is 0 Å². The number of rotatable bonds is 5. The van der Waals surface area contributed by atoms with Crippen molar-refractivity contribution in [1.29, 1.82) is 0 Å². The van der Waals surface area contributed by atoms with Gasteiger partial charge in [-0.25, -0.2) is 4.79 Å². The van der Waals surface area contributed by atoms with Gasteiger partial charge in [0.05, 0.1) is 6.04 Å². The van der Waals surface area contributed by atoms with Crippen LogP contribution < -0.4 is 16.2 Å². The van der Waals surface area contributed by atoms with Gasteiger partial charge in [-0.3, -0.25) is 25.0 Å². The van der Waals surface area contributed by atoms with Crippen molar-refractivity contribution in [3.63, 3.8) is 0 Å². The molecule has 0 saturated carbocycles. The summed E-state index contributed by atoms with van der Waals surface area (Å²) in [6, 6.07) is -2.33. The van der Waals surface area contributed by atoms with Crippen molar-refractivity contribution in [3.8, 4) is 0 Å². The molecule has 3 heterocycles. The van der Waals surface area contributed by atoms with E-state index in [9.17, 15) is 22.8 Å². The van der Waals surface area contributed by atoms with Gasteiger partial charge in [0, 0.05) is 19.0 Å². The molecule has 0 spiro atoms. The largest absolute Gasteiger partial charge is 0.418 e. The smallest absolute Gasteiger partial charge is 0.313 e. The maximum absolute atomic E-state index is 12.6. The van der Waals surface area contributed by atoms with Crippen molar-refractivity contribution in [3.05, 3.63) is 0 Å². The van der Waals surface area contributed by atoms with E-state index in [2.05, 4.69) is 20.5 Å². The second-order valence-electron chi connectivity index (χ2n) is 8.02. The number of hydrogen-bond acceptors (Lipinski definition) is 7. The number of fused-ring (bicyclic) bond motifs is 2. The second-order valence-corrected chi connectivity index (χ2v) is 9.03.